The molecule has 0 aliphatic heterocycles. The number of rotatable bonds is 5. The number of hydrogen-bond donors (Lipinski definition) is 3. The molecule has 0 unspecified atom stereocenters. The Hall–Kier alpha value is -1.54. The van der Waals surface area contributed by atoms with Gasteiger partial charge in [-0.15, -0.1) is 0 Å². The van der Waals surface area contributed by atoms with Crippen molar-refractivity contribution >= 4 is 17.0 Å². The highest BCUT2D eigenvalue weighted by atomic mass is 32.2. The van der Waals surface area contributed by atoms with Crippen molar-refractivity contribution in [2.75, 3.05) is 0 Å². The lowest BCUT2D eigenvalue weighted by Crippen LogP contribution is -2.47. The lowest BCUT2D eigenvalue weighted by Gasteiger charge is -2.28. The van der Waals surface area contributed by atoms with E-state index in [0.29, 0.717) is 0 Å². The summed E-state index contributed by atoms with van der Waals surface area (Å²) >= 11 is 0. The minimum Gasteiger partial charge on any atom is -0.508 e. The van der Waals surface area contributed by atoms with E-state index >= 15 is 0 Å². The Balaban J connectivity index is 3.21. The van der Waals surface area contributed by atoms with E-state index in [1.165, 1.54) is 0 Å². The zero-order valence-corrected chi connectivity index (χ0v) is 12.6. The Morgan fingerprint density at radius 3 is 2.10 bits per heavy atom. The van der Waals surface area contributed by atoms with Crippen LogP contribution in [0.5, 0.6) is 5.75 Å². The van der Waals surface area contributed by atoms with Crippen LogP contribution in [0.1, 0.15) is 32.4 Å². The van der Waals surface area contributed by atoms with Gasteiger partial charge in [0, 0.05) is 0 Å². The number of alkyl halides is 2. The second-order valence-electron chi connectivity index (χ2n) is 5.45. The summed E-state index contributed by atoms with van der Waals surface area (Å²) in [4.78, 5) is 10.8. The van der Waals surface area contributed by atoms with Crippen molar-refractivity contribution in [3.05, 3.63) is 29.8 Å². The monoisotopic (exact) mass is 321 g/mol. The van der Waals surface area contributed by atoms with Gasteiger partial charge in [0.2, 0.25) is 0 Å². The van der Waals surface area contributed by atoms with E-state index in [-0.39, 0.29) is 11.3 Å². The molecular weight excluding hydrogens is 304 g/mol. The van der Waals surface area contributed by atoms with Crippen LogP contribution >= 0.6 is 0 Å². The highest BCUT2D eigenvalue weighted by Crippen LogP contribution is 2.33. The van der Waals surface area contributed by atoms with Crippen LogP contribution in [0, 0.1) is 0 Å². The SMILES string of the molecule is CC(C)(C)[S@@](=O)N[C@H](c1ccc(O)cc1)C(F)(F)C(=O)O. The molecular formula is C13H17F2NO4S. The zero-order valence-electron chi connectivity index (χ0n) is 11.8. The number of benzene rings is 1. The fourth-order valence-electron chi connectivity index (χ4n) is 1.43. The Morgan fingerprint density at radius 2 is 1.71 bits per heavy atom. The van der Waals surface area contributed by atoms with Crippen molar-refractivity contribution in [2.24, 2.45) is 0 Å². The summed E-state index contributed by atoms with van der Waals surface area (Å²) in [5, 5.41) is 17.9. The van der Waals surface area contributed by atoms with E-state index in [4.69, 9.17) is 5.11 Å². The number of aromatic hydroxyl groups is 1. The van der Waals surface area contributed by atoms with Crippen molar-refractivity contribution in [2.45, 2.75) is 37.5 Å². The Kier molecular flexibility index (Phi) is 5.06. The lowest BCUT2D eigenvalue weighted by molar-refractivity contribution is -0.168. The van der Waals surface area contributed by atoms with Crippen molar-refractivity contribution in [3.8, 4) is 5.75 Å². The molecule has 0 heterocycles. The molecule has 8 heteroatoms. The molecule has 0 radical (unpaired) electrons. The molecule has 2 atom stereocenters. The van der Waals surface area contributed by atoms with Gasteiger partial charge in [-0.2, -0.15) is 8.78 Å². The maximum atomic E-state index is 13.9. The van der Waals surface area contributed by atoms with Gasteiger partial charge in [0.05, 0.1) is 15.7 Å². The normalized spacial score (nSPS) is 15.5. The second kappa shape index (κ2) is 6.07. The third-order valence-corrected chi connectivity index (χ3v) is 4.22. The van der Waals surface area contributed by atoms with Crippen LogP contribution in [0.15, 0.2) is 24.3 Å². The minimum absolute atomic E-state index is 0.0854. The van der Waals surface area contributed by atoms with E-state index in [9.17, 15) is 22.9 Å². The number of aliphatic carboxylic acids is 1. The van der Waals surface area contributed by atoms with Crippen molar-refractivity contribution in [1.82, 2.24) is 4.72 Å². The number of phenolic OH excluding ortho intramolecular Hbond substituents is 1. The Labute approximate surface area is 123 Å². The average molecular weight is 321 g/mol. The van der Waals surface area contributed by atoms with Crippen LogP contribution < -0.4 is 4.72 Å². The summed E-state index contributed by atoms with van der Waals surface area (Å²) in [6, 6.07) is 2.65. The molecule has 1 rings (SSSR count). The van der Waals surface area contributed by atoms with Crippen LogP contribution in [0.2, 0.25) is 0 Å². The van der Waals surface area contributed by atoms with Crippen molar-refractivity contribution in [3.63, 3.8) is 0 Å². The summed E-state index contributed by atoms with van der Waals surface area (Å²) in [7, 11) is -1.89. The molecule has 0 aliphatic rings. The molecule has 3 N–H and O–H groups in total. The molecule has 0 bridgehead atoms. The van der Waals surface area contributed by atoms with Gasteiger partial charge < -0.3 is 10.2 Å². The van der Waals surface area contributed by atoms with Crippen LogP contribution in [-0.2, 0) is 15.8 Å². The summed E-state index contributed by atoms with van der Waals surface area (Å²) in [6.07, 6.45) is 0. The largest absolute Gasteiger partial charge is 0.508 e. The molecule has 0 spiro atoms. The highest BCUT2D eigenvalue weighted by Gasteiger charge is 2.49. The number of hydrogen-bond acceptors (Lipinski definition) is 3. The number of nitrogens with one attached hydrogen (secondary N) is 1. The molecule has 0 saturated carbocycles. The average Bonchev–Trinajstić information content (AvgIpc) is 2.35. The first-order valence-electron chi connectivity index (χ1n) is 6.04. The van der Waals surface area contributed by atoms with Gasteiger partial charge in [-0.25, -0.2) is 13.7 Å². The number of carbonyl (C=O) groups is 1. The van der Waals surface area contributed by atoms with Crippen LogP contribution in [-0.4, -0.2) is 31.1 Å². The maximum absolute atomic E-state index is 13.9. The van der Waals surface area contributed by atoms with Crippen LogP contribution in [0.25, 0.3) is 0 Å². The first-order chi connectivity index (χ1) is 9.46. The standard InChI is InChI=1S/C13H17F2NO4S/c1-12(2,3)21(20)16-10(13(14,15)11(18)19)8-4-6-9(17)7-5-8/h4-7,10,16-17H,1-3H3,(H,18,19)/t10-,21-/m1/s1. The fraction of sp³-hybridized carbons (Fsp3) is 0.462. The van der Waals surface area contributed by atoms with Crippen LogP contribution in [0.3, 0.4) is 0 Å². The Bertz CT molecular complexity index is 540. The van der Waals surface area contributed by atoms with Gasteiger partial charge in [0.15, 0.2) is 0 Å². The van der Waals surface area contributed by atoms with Gasteiger partial charge in [-0.3, -0.25) is 0 Å². The predicted molar refractivity (Wildman–Crippen MR) is 74.5 cm³/mol. The van der Waals surface area contributed by atoms with Gasteiger partial charge in [-0.1, -0.05) is 12.1 Å². The number of phenols is 1. The lowest BCUT2D eigenvalue weighted by atomic mass is 10.0. The molecule has 0 aromatic heterocycles. The van der Waals surface area contributed by atoms with Gasteiger partial charge in [0.1, 0.15) is 11.8 Å². The second-order valence-corrected chi connectivity index (χ2v) is 7.45. The van der Waals surface area contributed by atoms with E-state index in [0.717, 1.165) is 24.3 Å². The number of carboxylic acids is 1. The first-order valence-corrected chi connectivity index (χ1v) is 7.19. The fourth-order valence-corrected chi connectivity index (χ4v) is 2.28. The van der Waals surface area contributed by atoms with Crippen molar-refractivity contribution < 1.29 is 28.0 Å². The molecule has 5 nitrogen and oxygen atoms in total. The van der Waals surface area contributed by atoms with Gasteiger partial charge >= 0.3 is 11.9 Å². The summed E-state index contributed by atoms with van der Waals surface area (Å²) in [5.74, 6) is -6.62. The Morgan fingerprint density at radius 1 is 1.24 bits per heavy atom. The predicted octanol–water partition coefficient (Wildman–Crippen LogP) is 2.20. The summed E-state index contributed by atoms with van der Waals surface area (Å²) in [5.41, 5.74) is -0.0854. The third kappa shape index (κ3) is 4.21. The van der Waals surface area contributed by atoms with E-state index in [2.05, 4.69) is 4.72 Å². The molecule has 0 saturated heterocycles. The van der Waals surface area contributed by atoms with Gasteiger partial charge in [-0.05, 0) is 38.5 Å². The summed E-state index contributed by atoms with van der Waals surface area (Å²) in [6.45, 7) is 4.72. The summed E-state index contributed by atoms with van der Waals surface area (Å²) < 4.78 is 41.1. The van der Waals surface area contributed by atoms with Crippen LogP contribution in [0.4, 0.5) is 8.78 Å². The molecule has 21 heavy (non-hydrogen) atoms. The molecule has 1 aromatic rings. The topological polar surface area (TPSA) is 86.6 Å². The van der Waals surface area contributed by atoms with Crippen molar-refractivity contribution in [1.29, 1.82) is 0 Å². The number of carboxylic acid groups (broad SMARTS) is 1. The minimum atomic E-state index is -4.15. The number of halogens is 2. The molecule has 118 valence electrons. The molecule has 0 aliphatic carbocycles. The molecule has 0 amide bonds. The molecule has 1 aromatic carbocycles. The zero-order chi connectivity index (χ0) is 16.4. The third-order valence-electron chi connectivity index (χ3n) is 2.66. The molecule has 0 fully saturated rings. The van der Waals surface area contributed by atoms with E-state index in [1.807, 2.05) is 0 Å². The van der Waals surface area contributed by atoms with E-state index < -0.39 is 33.7 Å². The van der Waals surface area contributed by atoms with E-state index in [1.54, 1.807) is 20.8 Å². The van der Waals surface area contributed by atoms with Gasteiger partial charge in [0.25, 0.3) is 0 Å². The smallest absolute Gasteiger partial charge is 0.376 e. The first kappa shape index (κ1) is 17.5. The maximum Gasteiger partial charge on any atom is 0.376 e. The highest BCUT2D eigenvalue weighted by molar-refractivity contribution is 7.84. The quantitative estimate of drug-likeness (QED) is 0.776.